The molecule has 7 heteroatoms. The van der Waals surface area contributed by atoms with Crippen LogP contribution in [0.4, 0.5) is 0 Å². The van der Waals surface area contributed by atoms with E-state index in [9.17, 15) is 4.79 Å². The highest BCUT2D eigenvalue weighted by Crippen LogP contribution is 2.37. The van der Waals surface area contributed by atoms with Gasteiger partial charge >= 0.3 is 0 Å². The molecule has 0 amide bonds. The fraction of sp³-hybridized carbons (Fsp3) is 0.222. The van der Waals surface area contributed by atoms with Gasteiger partial charge in [0.1, 0.15) is 30.5 Å². The smallest absolute Gasteiger partial charge is 0.153 e. The van der Waals surface area contributed by atoms with E-state index in [1.54, 1.807) is 12.1 Å². The molecule has 34 heavy (non-hydrogen) atoms. The Labute approximate surface area is 218 Å². The summed E-state index contributed by atoms with van der Waals surface area (Å²) in [7, 11) is 0. The lowest BCUT2D eigenvalue weighted by atomic mass is 9.98. The van der Waals surface area contributed by atoms with E-state index in [1.165, 1.54) is 6.07 Å². The molecule has 3 aromatic rings. The van der Waals surface area contributed by atoms with E-state index in [-0.39, 0.29) is 13.2 Å². The minimum atomic E-state index is 0.189. The predicted octanol–water partition coefficient (Wildman–Crippen LogP) is 8.09. The van der Waals surface area contributed by atoms with Crippen LogP contribution >= 0.6 is 39.1 Å². The number of carbonyl (C=O) groups excluding carboxylic acids is 1. The molecule has 0 aliphatic rings. The summed E-state index contributed by atoms with van der Waals surface area (Å²) in [5.74, 6) is 1.61. The highest BCUT2D eigenvalue weighted by Gasteiger charge is 2.15. The summed E-state index contributed by atoms with van der Waals surface area (Å²) in [6.07, 6.45) is 3.21. The monoisotopic (exact) mass is 562 g/mol. The van der Waals surface area contributed by atoms with E-state index >= 15 is 0 Å². The zero-order valence-corrected chi connectivity index (χ0v) is 21.9. The number of hydrogen-bond donors (Lipinski definition) is 0. The van der Waals surface area contributed by atoms with Crippen molar-refractivity contribution >= 4 is 45.4 Å². The molecule has 4 nitrogen and oxygen atoms in total. The van der Waals surface area contributed by atoms with Gasteiger partial charge in [0, 0.05) is 22.5 Å². The second-order valence-electron chi connectivity index (χ2n) is 7.43. The van der Waals surface area contributed by atoms with Gasteiger partial charge in [-0.1, -0.05) is 82.1 Å². The highest BCUT2D eigenvalue weighted by molar-refractivity contribution is 9.09. The van der Waals surface area contributed by atoms with Gasteiger partial charge in [0.2, 0.25) is 0 Å². The highest BCUT2D eigenvalue weighted by atomic mass is 79.9. The molecule has 0 aliphatic carbocycles. The Morgan fingerprint density at radius 3 is 2.47 bits per heavy atom. The van der Waals surface area contributed by atoms with Crippen molar-refractivity contribution in [2.24, 2.45) is 0 Å². The zero-order valence-electron chi connectivity index (χ0n) is 18.8. The lowest BCUT2D eigenvalue weighted by Gasteiger charge is -2.16. The van der Waals surface area contributed by atoms with Crippen LogP contribution in [-0.4, -0.2) is 24.8 Å². The van der Waals surface area contributed by atoms with Gasteiger partial charge in [-0.2, -0.15) is 0 Å². The number of benzene rings is 3. The molecule has 0 heterocycles. The number of ether oxygens (including phenoxy) is 3. The molecule has 0 radical (unpaired) electrons. The van der Waals surface area contributed by atoms with Gasteiger partial charge in [-0.25, -0.2) is 0 Å². The Kier molecular flexibility index (Phi) is 9.87. The van der Waals surface area contributed by atoms with Crippen molar-refractivity contribution < 1.29 is 19.0 Å². The molecule has 0 fully saturated rings. The van der Waals surface area contributed by atoms with Crippen LogP contribution < -0.4 is 14.2 Å². The Morgan fingerprint density at radius 1 is 0.971 bits per heavy atom. The largest absolute Gasteiger partial charge is 0.493 e. The second kappa shape index (κ2) is 12.8. The topological polar surface area (TPSA) is 44.8 Å². The van der Waals surface area contributed by atoms with Crippen LogP contribution in [0.3, 0.4) is 0 Å². The first-order valence-electron chi connectivity index (χ1n) is 10.7. The zero-order chi connectivity index (χ0) is 24.5. The minimum Gasteiger partial charge on any atom is -0.493 e. The van der Waals surface area contributed by atoms with Crippen molar-refractivity contribution in [3.63, 3.8) is 0 Å². The molecule has 0 saturated heterocycles. The van der Waals surface area contributed by atoms with Gasteiger partial charge in [-0.05, 0) is 36.6 Å². The van der Waals surface area contributed by atoms with E-state index in [4.69, 9.17) is 37.4 Å². The van der Waals surface area contributed by atoms with Gasteiger partial charge in [-0.3, -0.25) is 4.79 Å². The lowest BCUT2D eigenvalue weighted by Crippen LogP contribution is -2.02. The number of halogens is 3. The summed E-state index contributed by atoms with van der Waals surface area (Å²) in [5.41, 5.74) is 4.05. The van der Waals surface area contributed by atoms with Crippen molar-refractivity contribution in [3.8, 4) is 28.4 Å². The molecule has 3 rings (SSSR count). The van der Waals surface area contributed by atoms with Gasteiger partial charge < -0.3 is 14.2 Å². The van der Waals surface area contributed by atoms with E-state index in [0.29, 0.717) is 40.0 Å². The molecule has 0 spiro atoms. The van der Waals surface area contributed by atoms with Gasteiger partial charge in [0.25, 0.3) is 0 Å². The molecule has 178 valence electrons. The Hall–Kier alpha value is -2.47. The first-order valence-corrected chi connectivity index (χ1v) is 12.6. The van der Waals surface area contributed by atoms with Crippen LogP contribution in [-0.2, 0) is 6.61 Å². The fourth-order valence-electron chi connectivity index (χ4n) is 3.38. The maximum absolute atomic E-state index is 11.3. The first-order chi connectivity index (χ1) is 16.5. The van der Waals surface area contributed by atoms with Crippen molar-refractivity contribution in [1.29, 1.82) is 0 Å². The first kappa shape index (κ1) is 26.1. The van der Waals surface area contributed by atoms with Crippen LogP contribution in [0.2, 0.25) is 10.0 Å². The van der Waals surface area contributed by atoms with Crippen molar-refractivity contribution in [1.82, 2.24) is 0 Å². The van der Waals surface area contributed by atoms with Gasteiger partial charge in [0.15, 0.2) is 6.29 Å². The summed E-state index contributed by atoms with van der Waals surface area (Å²) in [6.45, 7) is 6.74. The van der Waals surface area contributed by atoms with Crippen molar-refractivity contribution in [2.75, 3.05) is 18.5 Å². The average molecular weight is 564 g/mol. The third kappa shape index (κ3) is 6.35. The molecule has 0 atom stereocenters. The molecule has 0 aliphatic heterocycles. The normalized spacial score (nSPS) is 10.6. The fourth-order valence-corrected chi connectivity index (χ4v) is 4.12. The molecule has 0 unspecified atom stereocenters. The SMILES string of the molecule is C=CCOc1cc(OCc2cccc(-c3cccc(OCCCBr)c3C)c2Cl)c(Cl)cc1C=O. The molecular formula is C27H25BrCl2O4. The van der Waals surface area contributed by atoms with Crippen LogP contribution in [0, 0.1) is 6.92 Å². The maximum Gasteiger partial charge on any atom is 0.153 e. The van der Waals surface area contributed by atoms with Crippen molar-refractivity contribution in [3.05, 3.63) is 87.9 Å². The number of rotatable bonds is 12. The van der Waals surface area contributed by atoms with E-state index in [2.05, 4.69) is 22.5 Å². The van der Waals surface area contributed by atoms with Crippen LogP contribution in [0.5, 0.6) is 17.2 Å². The van der Waals surface area contributed by atoms with Crippen molar-refractivity contribution in [2.45, 2.75) is 20.0 Å². The molecule has 3 aromatic carbocycles. The minimum absolute atomic E-state index is 0.189. The summed E-state index contributed by atoms with van der Waals surface area (Å²) in [5, 5.41) is 1.79. The number of aldehydes is 1. The second-order valence-corrected chi connectivity index (χ2v) is 9.00. The molecule has 0 N–H and O–H groups in total. The summed E-state index contributed by atoms with van der Waals surface area (Å²) < 4.78 is 17.5. The number of hydrogen-bond acceptors (Lipinski definition) is 4. The summed E-state index contributed by atoms with van der Waals surface area (Å²) >= 11 is 16.6. The molecule has 0 bridgehead atoms. The van der Waals surface area contributed by atoms with Crippen LogP contribution in [0.15, 0.2) is 61.2 Å². The van der Waals surface area contributed by atoms with Crippen LogP contribution in [0.25, 0.3) is 11.1 Å². The average Bonchev–Trinajstić information content (AvgIpc) is 2.84. The van der Waals surface area contributed by atoms with Gasteiger partial charge in [-0.15, -0.1) is 0 Å². The Bertz CT molecular complexity index is 1160. The third-order valence-corrected chi connectivity index (χ3v) is 6.42. The standard InChI is InChI=1S/C27H25BrCl2O4/c1-3-12-32-25-15-26(23(29)14-20(25)16-31)34-17-19-7-4-9-22(27(19)30)21-8-5-10-24(18(21)2)33-13-6-11-28/h3-5,7-10,14-16H,1,6,11-13,17H2,2H3. The van der Waals surface area contributed by atoms with E-state index in [1.807, 2.05) is 43.3 Å². The maximum atomic E-state index is 11.3. The van der Waals surface area contributed by atoms with E-state index in [0.717, 1.165) is 39.8 Å². The summed E-state index contributed by atoms with van der Waals surface area (Å²) in [4.78, 5) is 11.3. The van der Waals surface area contributed by atoms with E-state index < -0.39 is 0 Å². The Morgan fingerprint density at radius 2 is 1.74 bits per heavy atom. The quantitative estimate of drug-likeness (QED) is 0.0966. The lowest BCUT2D eigenvalue weighted by molar-refractivity contribution is 0.112. The molecule has 0 saturated carbocycles. The molecule has 0 aromatic heterocycles. The number of alkyl halides is 1. The third-order valence-electron chi connectivity index (χ3n) is 5.12. The van der Waals surface area contributed by atoms with Gasteiger partial charge in [0.05, 0.1) is 22.2 Å². The molecular weight excluding hydrogens is 539 g/mol. The predicted molar refractivity (Wildman–Crippen MR) is 142 cm³/mol. The Balaban J connectivity index is 1.85. The van der Waals surface area contributed by atoms with Crippen LogP contribution in [0.1, 0.15) is 27.9 Å². The number of carbonyl (C=O) groups is 1. The summed E-state index contributed by atoms with van der Waals surface area (Å²) in [6, 6.07) is 14.9.